The summed E-state index contributed by atoms with van der Waals surface area (Å²) in [4.78, 5) is 14.8. The van der Waals surface area contributed by atoms with Crippen LogP contribution in [-0.2, 0) is 0 Å². The molecule has 1 atom stereocenters. The molecular formula is C15H21BrFNO. The maximum absolute atomic E-state index is 13.9. The van der Waals surface area contributed by atoms with Crippen LogP contribution in [-0.4, -0.2) is 29.3 Å². The molecule has 0 saturated heterocycles. The van der Waals surface area contributed by atoms with E-state index in [1.165, 1.54) is 6.07 Å². The number of benzene rings is 1. The molecule has 0 bridgehead atoms. The molecule has 19 heavy (non-hydrogen) atoms. The summed E-state index contributed by atoms with van der Waals surface area (Å²) >= 11 is 3.29. The summed E-state index contributed by atoms with van der Waals surface area (Å²) in [5.74, 6) is -0.613. The molecule has 0 aliphatic carbocycles. The summed E-state index contributed by atoms with van der Waals surface area (Å²) < 4.78 is 14.6. The van der Waals surface area contributed by atoms with Crippen LogP contribution in [0.15, 0.2) is 22.7 Å². The molecule has 0 heterocycles. The Bertz CT molecular complexity index is 459. The molecule has 0 aliphatic rings. The van der Waals surface area contributed by atoms with Crippen molar-refractivity contribution < 1.29 is 9.18 Å². The van der Waals surface area contributed by atoms with Gasteiger partial charge >= 0.3 is 0 Å². The predicted octanol–water partition coefficient (Wildman–Crippen LogP) is 4.28. The molecular weight excluding hydrogens is 309 g/mol. The second-order valence-corrected chi connectivity index (χ2v) is 5.67. The second kappa shape index (κ2) is 6.62. The second-order valence-electron chi connectivity index (χ2n) is 4.75. The van der Waals surface area contributed by atoms with Crippen LogP contribution >= 0.6 is 15.9 Å². The van der Waals surface area contributed by atoms with Gasteiger partial charge in [0.25, 0.3) is 0 Å². The number of ketones is 1. The van der Waals surface area contributed by atoms with Crippen LogP contribution in [0.25, 0.3) is 0 Å². The van der Waals surface area contributed by atoms with Crippen molar-refractivity contribution in [2.24, 2.45) is 0 Å². The Labute approximate surface area is 123 Å². The monoisotopic (exact) mass is 329 g/mol. The first-order valence-electron chi connectivity index (χ1n) is 6.65. The summed E-state index contributed by atoms with van der Waals surface area (Å²) in [5.41, 5.74) is -0.504. The summed E-state index contributed by atoms with van der Waals surface area (Å²) in [6.45, 7) is 9.42. The van der Waals surface area contributed by atoms with E-state index in [4.69, 9.17) is 0 Å². The number of hydrogen-bond acceptors (Lipinski definition) is 2. The minimum absolute atomic E-state index is 0.155. The van der Waals surface area contributed by atoms with Gasteiger partial charge in [-0.3, -0.25) is 9.69 Å². The number of likely N-dealkylation sites (N-methyl/N-ethyl adjacent to an activating group) is 1. The van der Waals surface area contributed by atoms with Crippen molar-refractivity contribution in [2.75, 3.05) is 13.1 Å². The van der Waals surface area contributed by atoms with E-state index >= 15 is 0 Å². The molecule has 0 amide bonds. The highest BCUT2D eigenvalue weighted by atomic mass is 79.9. The molecule has 0 saturated carbocycles. The standard InChI is InChI=1S/C15H21BrFNO/c1-5-15(4,18(6-2)7-3)14(19)12-10-11(16)8-9-13(12)17/h8-10H,5-7H2,1-4H3. The van der Waals surface area contributed by atoms with Crippen molar-refractivity contribution in [3.63, 3.8) is 0 Å². The minimum Gasteiger partial charge on any atom is -0.292 e. The van der Waals surface area contributed by atoms with Crippen LogP contribution < -0.4 is 0 Å². The van der Waals surface area contributed by atoms with Gasteiger partial charge in [0, 0.05) is 4.47 Å². The zero-order valence-electron chi connectivity index (χ0n) is 12.0. The first-order valence-corrected chi connectivity index (χ1v) is 7.44. The Kier molecular flexibility index (Phi) is 5.68. The molecule has 106 valence electrons. The lowest BCUT2D eigenvalue weighted by molar-refractivity contribution is 0.0603. The van der Waals surface area contributed by atoms with E-state index in [1.807, 2.05) is 27.7 Å². The fraction of sp³-hybridized carbons (Fsp3) is 0.533. The number of rotatable bonds is 6. The predicted molar refractivity (Wildman–Crippen MR) is 80.0 cm³/mol. The zero-order chi connectivity index (χ0) is 14.6. The fourth-order valence-corrected chi connectivity index (χ4v) is 2.77. The van der Waals surface area contributed by atoms with Gasteiger partial charge in [0.1, 0.15) is 5.82 Å². The van der Waals surface area contributed by atoms with E-state index in [9.17, 15) is 9.18 Å². The van der Waals surface area contributed by atoms with Crippen LogP contribution in [0, 0.1) is 5.82 Å². The van der Waals surface area contributed by atoms with E-state index in [-0.39, 0.29) is 11.3 Å². The van der Waals surface area contributed by atoms with E-state index in [0.29, 0.717) is 6.42 Å². The molecule has 2 nitrogen and oxygen atoms in total. The molecule has 0 fully saturated rings. The number of hydrogen-bond donors (Lipinski definition) is 0. The summed E-state index contributed by atoms with van der Waals surface area (Å²) in [6, 6.07) is 4.50. The molecule has 0 radical (unpaired) electrons. The third kappa shape index (κ3) is 3.23. The quantitative estimate of drug-likeness (QED) is 0.726. The van der Waals surface area contributed by atoms with Gasteiger partial charge in [-0.25, -0.2) is 4.39 Å². The van der Waals surface area contributed by atoms with Gasteiger partial charge in [-0.2, -0.15) is 0 Å². The third-order valence-electron chi connectivity index (χ3n) is 3.81. The number of carbonyl (C=O) groups is 1. The average molecular weight is 330 g/mol. The lowest BCUT2D eigenvalue weighted by Gasteiger charge is -2.38. The molecule has 0 aliphatic heterocycles. The summed E-state index contributed by atoms with van der Waals surface area (Å²) in [7, 11) is 0. The number of halogens is 2. The van der Waals surface area contributed by atoms with Crippen molar-refractivity contribution >= 4 is 21.7 Å². The van der Waals surface area contributed by atoms with Crippen molar-refractivity contribution in [3.8, 4) is 0 Å². The average Bonchev–Trinajstić information content (AvgIpc) is 2.41. The van der Waals surface area contributed by atoms with Gasteiger partial charge in [0.15, 0.2) is 5.78 Å². The molecule has 1 rings (SSSR count). The van der Waals surface area contributed by atoms with Gasteiger partial charge in [0.05, 0.1) is 11.1 Å². The highest BCUT2D eigenvalue weighted by molar-refractivity contribution is 9.10. The van der Waals surface area contributed by atoms with Crippen molar-refractivity contribution in [2.45, 2.75) is 39.7 Å². The first-order chi connectivity index (χ1) is 8.90. The molecule has 0 aromatic heterocycles. The van der Waals surface area contributed by atoms with Crippen molar-refractivity contribution in [1.82, 2.24) is 4.90 Å². The van der Waals surface area contributed by atoms with Crippen LogP contribution in [0.3, 0.4) is 0 Å². The van der Waals surface area contributed by atoms with Crippen molar-refractivity contribution in [1.29, 1.82) is 0 Å². The normalized spacial score (nSPS) is 14.5. The van der Waals surface area contributed by atoms with Crippen LogP contribution in [0.2, 0.25) is 0 Å². The zero-order valence-corrected chi connectivity index (χ0v) is 13.6. The molecule has 1 unspecified atom stereocenters. The van der Waals surface area contributed by atoms with Gasteiger partial charge in [-0.1, -0.05) is 36.7 Å². The molecule has 4 heteroatoms. The van der Waals surface area contributed by atoms with E-state index in [2.05, 4.69) is 20.8 Å². The Morgan fingerprint density at radius 1 is 1.32 bits per heavy atom. The number of carbonyl (C=O) groups excluding carboxylic acids is 1. The maximum atomic E-state index is 13.9. The summed E-state index contributed by atoms with van der Waals surface area (Å²) in [5, 5.41) is 0. The largest absolute Gasteiger partial charge is 0.292 e. The van der Waals surface area contributed by atoms with Gasteiger partial charge in [-0.15, -0.1) is 0 Å². The first kappa shape index (κ1) is 16.3. The van der Waals surface area contributed by atoms with Gasteiger partial charge in [0.2, 0.25) is 0 Å². The lowest BCUT2D eigenvalue weighted by Crippen LogP contribution is -2.52. The highest BCUT2D eigenvalue weighted by Crippen LogP contribution is 2.27. The van der Waals surface area contributed by atoms with Crippen LogP contribution in [0.1, 0.15) is 44.5 Å². The third-order valence-corrected chi connectivity index (χ3v) is 4.31. The van der Waals surface area contributed by atoms with Gasteiger partial charge in [-0.05, 0) is 44.6 Å². The maximum Gasteiger partial charge on any atom is 0.185 e. The molecule has 1 aromatic rings. The Balaban J connectivity index is 3.25. The Morgan fingerprint density at radius 2 is 1.89 bits per heavy atom. The SMILES string of the molecule is CCN(CC)C(C)(CC)C(=O)c1cc(Br)ccc1F. The van der Waals surface area contributed by atoms with E-state index in [1.54, 1.807) is 12.1 Å². The number of Topliss-reactive ketones (excluding diaryl/α,β-unsaturated/α-hetero) is 1. The number of nitrogens with zero attached hydrogens (tertiary/aromatic N) is 1. The molecule has 1 aromatic carbocycles. The lowest BCUT2D eigenvalue weighted by atomic mass is 9.86. The summed E-state index contributed by atoms with van der Waals surface area (Å²) in [6.07, 6.45) is 0.652. The fourth-order valence-electron chi connectivity index (χ4n) is 2.41. The van der Waals surface area contributed by atoms with Crippen molar-refractivity contribution in [3.05, 3.63) is 34.1 Å². The smallest absolute Gasteiger partial charge is 0.185 e. The van der Waals surface area contributed by atoms with E-state index < -0.39 is 11.4 Å². The molecule has 0 N–H and O–H groups in total. The topological polar surface area (TPSA) is 20.3 Å². The highest BCUT2D eigenvalue weighted by Gasteiger charge is 2.37. The Hall–Kier alpha value is -0.740. The minimum atomic E-state index is -0.662. The van der Waals surface area contributed by atoms with E-state index in [0.717, 1.165) is 17.6 Å². The van der Waals surface area contributed by atoms with Crippen LogP contribution in [0.4, 0.5) is 4.39 Å². The Morgan fingerprint density at radius 3 is 2.37 bits per heavy atom. The molecule has 0 spiro atoms. The van der Waals surface area contributed by atoms with Crippen LogP contribution in [0.5, 0.6) is 0 Å². The van der Waals surface area contributed by atoms with Gasteiger partial charge < -0.3 is 0 Å².